The van der Waals surface area contributed by atoms with Gasteiger partial charge in [0.1, 0.15) is 12.6 Å². The number of rotatable bonds is 6. The average molecular weight is 356 g/mol. The summed E-state index contributed by atoms with van der Waals surface area (Å²) in [6, 6.07) is 4.44. The number of carbonyl (C=O) groups excluding carboxylic acids is 3. The zero-order chi connectivity index (χ0) is 18.7. The molecule has 26 heavy (non-hydrogen) atoms. The minimum atomic E-state index is -1.20. The molecule has 1 saturated heterocycles. The fourth-order valence-electron chi connectivity index (χ4n) is 3.35. The summed E-state index contributed by atoms with van der Waals surface area (Å²) in [6.45, 7) is 0.809. The largest absolute Gasteiger partial charge is 0.369 e. The summed E-state index contributed by atoms with van der Waals surface area (Å²) in [6.07, 6.45) is 5.76. The number of nitrogens with one attached hydrogen (secondary N) is 1. The van der Waals surface area contributed by atoms with Gasteiger partial charge in [-0.3, -0.25) is 24.6 Å². The molecule has 1 fully saturated rings. The Morgan fingerprint density at radius 3 is 2.88 bits per heavy atom. The molecular weight excluding hydrogens is 336 g/mol. The molecule has 2 unspecified atom stereocenters. The number of fused-ring (bicyclic) bond motifs is 1. The fraction of sp³-hybridized carbons (Fsp3) is 0.421. The highest BCUT2D eigenvalue weighted by Crippen LogP contribution is 2.35. The lowest BCUT2D eigenvalue weighted by Crippen LogP contribution is -2.53. The van der Waals surface area contributed by atoms with Crippen molar-refractivity contribution in [2.45, 2.75) is 38.0 Å². The Labute approximate surface area is 151 Å². The molecule has 0 aromatic heterocycles. The third kappa shape index (κ3) is 3.47. The maximum absolute atomic E-state index is 12.6. The zero-order valence-electron chi connectivity index (χ0n) is 14.2. The van der Waals surface area contributed by atoms with Gasteiger partial charge < -0.3 is 9.84 Å². The first-order valence-electron chi connectivity index (χ1n) is 8.51. The summed E-state index contributed by atoms with van der Waals surface area (Å²) in [4.78, 5) is 37.2. The van der Waals surface area contributed by atoms with Gasteiger partial charge in [0.2, 0.25) is 11.8 Å². The number of hydrogen-bond acceptors (Lipinski definition) is 5. The minimum Gasteiger partial charge on any atom is -0.369 e. The Balaban J connectivity index is 1.71. The van der Waals surface area contributed by atoms with Gasteiger partial charge in [0, 0.05) is 24.2 Å². The molecule has 7 heteroatoms. The van der Waals surface area contributed by atoms with Gasteiger partial charge in [-0.25, -0.2) is 0 Å². The molecule has 2 aliphatic rings. The van der Waals surface area contributed by atoms with Crippen molar-refractivity contribution in [3.05, 3.63) is 34.9 Å². The van der Waals surface area contributed by atoms with E-state index in [1.54, 1.807) is 12.1 Å². The molecule has 2 aliphatic heterocycles. The molecule has 0 bridgehead atoms. The monoisotopic (exact) mass is 356 g/mol. The van der Waals surface area contributed by atoms with Crippen molar-refractivity contribution < 1.29 is 24.2 Å². The normalized spacial score (nSPS) is 22.2. The summed E-state index contributed by atoms with van der Waals surface area (Å²) in [5.41, 5.74) is 1.83. The fourth-order valence-corrected chi connectivity index (χ4v) is 3.35. The zero-order valence-corrected chi connectivity index (χ0v) is 14.2. The van der Waals surface area contributed by atoms with Gasteiger partial charge in [-0.15, -0.1) is 6.42 Å². The van der Waals surface area contributed by atoms with Crippen LogP contribution in [0.3, 0.4) is 0 Å². The summed E-state index contributed by atoms with van der Waals surface area (Å²) >= 11 is 0. The SMILES string of the molecule is C#CCOCCCc1ccc2c(c1)C(O)N(C1CCC(=O)NC1=O)C2=O. The highest BCUT2D eigenvalue weighted by Gasteiger charge is 2.44. The Hall–Kier alpha value is -2.69. The molecule has 3 rings (SSSR count). The first-order chi connectivity index (χ1) is 12.5. The van der Waals surface area contributed by atoms with Crippen molar-refractivity contribution in [2.75, 3.05) is 13.2 Å². The first-order valence-corrected chi connectivity index (χ1v) is 8.51. The minimum absolute atomic E-state index is 0.145. The molecular formula is C19H20N2O5. The van der Waals surface area contributed by atoms with Crippen molar-refractivity contribution in [2.24, 2.45) is 0 Å². The van der Waals surface area contributed by atoms with Crippen molar-refractivity contribution >= 4 is 17.7 Å². The molecule has 1 aromatic rings. The lowest BCUT2D eigenvalue weighted by molar-refractivity contribution is -0.139. The molecule has 0 saturated carbocycles. The summed E-state index contributed by atoms with van der Waals surface area (Å²) < 4.78 is 5.23. The molecule has 0 spiro atoms. The average Bonchev–Trinajstić information content (AvgIpc) is 2.86. The van der Waals surface area contributed by atoms with Gasteiger partial charge in [-0.2, -0.15) is 0 Å². The van der Waals surface area contributed by atoms with Crippen molar-refractivity contribution in [3.63, 3.8) is 0 Å². The van der Waals surface area contributed by atoms with E-state index >= 15 is 0 Å². The second kappa shape index (κ2) is 7.68. The standard InChI is InChI=1S/C19H20N2O5/c1-2-9-26-10-3-4-12-5-6-13-14(11-12)19(25)21(18(13)24)15-7-8-16(22)20-17(15)23/h1,5-6,11,15,19,25H,3-4,7-10H2,(H,20,22,23). The Kier molecular flexibility index (Phi) is 5.35. The number of hydrogen-bond donors (Lipinski definition) is 2. The van der Waals surface area contributed by atoms with E-state index in [0.29, 0.717) is 17.7 Å². The van der Waals surface area contributed by atoms with E-state index in [-0.39, 0.29) is 25.4 Å². The molecule has 136 valence electrons. The number of amides is 3. The number of ether oxygens (including phenoxy) is 1. The Morgan fingerprint density at radius 2 is 2.15 bits per heavy atom. The van der Waals surface area contributed by atoms with Gasteiger partial charge >= 0.3 is 0 Å². The summed E-state index contributed by atoms with van der Waals surface area (Å²) in [5, 5.41) is 12.8. The van der Waals surface area contributed by atoms with E-state index in [2.05, 4.69) is 11.2 Å². The lowest BCUT2D eigenvalue weighted by Gasteiger charge is -2.31. The first kappa shape index (κ1) is 18.1. The lowest BCUT2D eigenvalue weighted by atomic mass is 10.0. The van der Waals surface area contributed by atoms with Crippen LogP contribution in [0.15, 0.2) is 18.2 Å². The molecule has 3 amide bonds. The van der Waals surface area contributed by atoms with E-state index in [4.69, 9.17) is 11.2 Å². The number of nitrogens with zero attached hydrogens (tertiary/aromatic N) is 1. The van der Waals surface area contributed by atoms with Crippen molar-refractivity contribution in [3.8, 4) is 12.3 Å². The number of aryl methyl sites for hydroxylation is 1. The maximum Gasteiger partial charge on any atom is 0.257 e. The van der Waals surface area contributed by atoms with Crippen LogP contribution in [0.5, 0.6) is 0 Å². The van der Waals surface area contributed by atoms with E-state index < -0.39 is 24.1 Å². The second-order valence-corrected chi connectivity index (χ2v) is 6.33. The van der Waals surface area contributed by atoms with E-state index in [9.17, 15) is 19.5 Å². The predicted octanol–water partition coefficient (Wildman–Crippen LogP) is 0.521. The number of piperidine rings is 1. The highest BCUT2D eigenvalue weighted by atomic mass is 16.5. The molecule has 7 nitrogen and oxygen atoms in total. The molecule has 1 aromatic carbocycles. The number of terminal acetylenes is 1. The second-order valence-electron chi connectivity index (χ2n) is 6.33. The Morgan fingerprint density at radius 1 is 1.35 bits per heavy atom. The number of imide groups is 1. The van der Waals surface area contributed by atoms with Crippen LogP contribution in [-0.2, 0) is 20.7 Å². The van der Waals surface area contributed by atoms with Crippen LogP contribution in [0.25, 0.3) is 0 Å². The number of carbonyl (C=O) groups is 3. The van der Waals surface area contributed by atoms with Gasteiger partial charge in [-0.05, 0) is 30.9 Å². The smallest absolute Gasteiger partial charge is 0.257 e. The number of aliphatic hydroxyl groups is 1. The third-order valence-corrected chi connectivity index (χ3v) is 4.61. The molecule has 0 aliphatic carbocycles. The van der Waals surface area contributed by atoms with E-state index in [0.717, 1.165) is 23.3 Å². The molecule has 2 atom stereocenters. The van der Waals surface area contributed by atoms with E-state index in [1.165, 1.54) is 0 Å². The van der Waals surface area contributed by atoms with Crippen LogP contribution < -0.4 is 5.32 Å². The van der Waals surface area contributed by atoms with E-state index in [1.807, 2.05) is 6.07 Å². The third-order valence-electron chi connectivity index (χ3n) is 4.61. The van der Waals surface area contributed by atoms with Crippen molar-refractivity contribution in [1.82, 2.24) is 10.2 Å². The van der Waals surface area contributed by atoms with Gasteiger partial charge in [0.15, 0.2) is 6.23 Å². The highest BCUT2D eigenvalue weighted by molar-refractivity contribution is 6.05. The van der Waals surface area contributed by atoms with Crippen molar-refractivity contribution in [1.29, 1.82) is 0 Å². The molecule has 0 radical (unpaired) electrons. The van der Waals surface area contributed by atoms with Crippen LogP contribution in [0.2, 0.25) is 0 Å². The van der Waals surface area contributed by atoms with Crippen LogP contribution in [-0.4, -0.2) is 47.0 Å². The number of benzene rings is 1. The predicted molar refractivity (Wildman–Crippen MR) is 91.7 cm³/mol. The van der Waals surface area contributed by atoms with Crippen LogP contribution in [0.4, 0.5) is 0 Å². The van der Waals surface area contributed by atoms with Crippen LogP contribution in [0, 0.1) is 12.3 Å². The summed E-state index contributed by atoms with van der Waals surface area (Å²) in [5.74, 6) is 1.09. The molecule has 2 heterocycles. The van der Waals surface area contributed by atoms with Gasteiger partial charge in [0.25, 0.3) is 5.91 Å². The number of aliphatic hydroxyl groups excluding tert-OH is 1. The van der Waals surface area contributed by atoms with Gasteiger partial charge in [-0.1, -0.05) is 18.1 Å². The summed E-state index contributed by atoms with van der Waals surface area (Å²) in [7, 11) is 0. The topological polar surface area (TPSA) is 95.9 Å². The van der Waals surface area contributed by atoms with Gasteiger partial charge in [0.05, 0.1) is 0 Å². The Bertz CT molecular complexity index is 783. The maximum atomic E-state index is 12.6. The van der Waals surface area contributed by atoms with Crippen LogP contribution in [0.1, 0.15) is 47.0 Å². The molecule has 2 N–H and O–H groups in total. The quantitative estimate of drug-likeness (QED) is 0.440. The van der Waals surface area contributed by atoms with Crippen LogP contribution >= 0.6 is 0 Å².